The molecule has 4 heteroatoms. The zero-order chi connectivity index (χ0) is 12.7. The first-order valence-electron chi connectivity index (χ1n) is 6.01. The number of ether oxygens (including phenoxy) is 1. The van der Waals surface area contributed by atoms with Gasteiger partial charge in [-0.05, 0) is 38.3 Å². The van der Waals surface area contributed by atoms with Crippen molar-refractivity contribution in [1.29, 1.82) is 0 Å². The summed E-state index contributed by atoms with van der Waals surface area (Å²) in [7, 11) is 0. The zero-order valence-electron chi connectivity index (χ0n) is 11.1. The van der Waals surface area contributed by atoms with Gasteiger partial charge in [-0.2, -0.15) is 11.8 Å². The van der Waals surface area contributed by atoms with Gasteiger partial charge in [-0.1, -0.05) is 6.92 Å². The van der Waals surface area contributed by atoms with Gasteiger partial charge in [0, 0.05) is 18.0 Å². The Morgan fingerprint density at radius 1 is 1.41 bits per heavy atom. The van der Waals surface area contributed by atoms with Crippen molar-refractivity contribution < 1.29 is 4.74 Å². The summed E-state index contributed by atoms with van der Waals surface area (Å²) >= 11 is 1.83. The Morgan fingerprint density at radius 2 is 2.18 bits per heavy atom. The highest BCUT2D eigenvalue weighted by atomic mass is 32.2. The molecule has 17 heavy (non-hydrogen) atoms. The largest absolute Gasteiger partial charge is 0.489 e. The van der Waals surface area contributed by atoms with Crippen molar-refractivity contribution in [1.82, 2.24) is 10.3 Å². The number of thioether (sulfide) groups is 1. The normalized spacial score (nSPS) is 12.8. The molecular weight excluding hydrogens is 232 g/mol. The highest BCUT2D eigenvalue weighted by molar-refractivity contribution is 7.98. The Labute approximate surface area is 108 Å². The molecule has 0 bridgehead atoms. The van der Waals surface area contributed by atoms with Crippen LogP contribution in [-0.4, -0.2) is 29.6 Å². The highest BCUT2D eigenvalue weighted by Gasteiger charge is 2.11. The van der Waals surface area contributed by atoms with Gasteiger partial charge in [-0.25, -0.2) is 0 Å². The predicted octanol–water partition coefficient (Wildman–Crippen LogP) is 2.88. The Hall–Kier alpha value is -0.740. The maximum atomic E-state index is 5.66. The molecule has 1 N–H and O–H groups in total. The monoisotopic (exact) mass is 254 g/mol. The van der Waals surface area contributed by atoms with Crippen LogP contribution in [0.5, 0.6) is 5.75 Å². The van der Waals surface area contributed by atoms with E-state index in [1.54, 1.807) is 6.20 Å². The van der Waals surface area contributed by atoms with Gasteiger partial charge in [0.1, 0.15) is 5.75 Å². The molecule has 0 fully saturated rings. The molecular formula is C13H22N2OS. The number of pyridine rings is 1. The number of hydrogen-bond donors (Lipinski definition) is 1. The van der Waals surface area contributed by atoms with E-state index >= 15 is 0 Å². The Morgan fingerprint density at radius 3 is 2.76 bits per heavy atom. The summed E-state index contributed by atoms with van der Waals surface area (Å²) in [5.41, 5.74) is 1.19. The average Bonchev–Trinajstić information content (AvgIpc) is 2.28. The molecule has 0 radical (unpaired) electrons. The summed E-state index contributed by atoms with van der Waals surface area (Å²) in [5.74, 6) is 1.89. The summed E-state index contributed by atoms with van der Waals surface area (Å²) < 4.78 is 5.66. The molecule has 0 saturated heterocycles. The van der Waals surface area contributed by atoms with Crippen LogP contribution in [0.2, 0.25) is 0 Å². The molecule has 1 unspecified atom stereocenters. The van der Waals surface area contributed by atoms with Gasteiger partial charge in [0.2, 0.25) is 0 Å². The molecule has 0 aliphatic rings. The van der Waals surface area contributed by atoms with E-state index in [1.165, 1.54) is 5.56 Å². The van der Waals surface area contributed by atoms with Crippen LogP contribution < -0.4 is 10.1 Å². The minimum absolute atomic E-state index is 0.185. The molecule has 0 aromatic carbocycles. The van der Waals surface area contributed by atoms with Crippen molar-refractivity contribution >= 4 is 11.8 Å². The van der Waals surface area contributed by atoms with E-state index in [0.717, 1.165) is 18.0 Å². The second-order valence-corrected chi connectivity index (χ2v) is 5.10. The molecule has 0 aliphatic heterocycles. The van der Waals surface area contributed by atoms with E-state index in [2.05, 4.69) is 29.5 Å². The SMILES string of the molecule is CCNC(CSC)c1cncc(OC(C)C)c1. The third kappa shape index (κ3) is 4.96. The molecule has 0 aliphatic carbocycles. The molecule has 1 aromatic heterocycles. The molecule has 1 heterocycles. The van der Waals surface area contributed by atoms with Crippen molar-refractivity contribution in [2.75, 3.05) is 18.6 Å². The molecule has 96 valence electrons. The first-order chi connectivity index (χ1) is 8.17. The van der Waals surface area contributed by atoms with E-state index in [0.29, 0.717) is 6.04 Å². The maximum absolute atomic E-state index is 5.66. The van der Waals surface area contributed by atoms with Crippen LogP contribution in [0.1, 0.15) is 32.4 Å². The van der Waals surface area contributed by atoms with Crippen LogP contribution in [0.15, 0.2) is 18.5 Å². The zero-order valence-corrected chi connectivity index (χ0v) is 11.9. The fourth-order valence-electron chi connectivity index (χ4n) is 1.65. The lowest BCUT2D eigenvalue weighted by Gasteiger charge is -2.18. The lowest BCUT2D eigenvalue weighted by molar-refractivity contribution is 0.241. The number of nitrogens with zero attached hydrogens (tertiary/aromatic N) is 1. The predicted molar refractivity (Wildman–Crippen MR) is 74.8 cm³/mol. The van der Waals surface area contributed by atoms with Gasteiger partial charge in [-0.3, -0.25) is 4.98 Å². The Kier molecular flexibility index (Phi) is 6.37. The van der Waals surface area contributed by atoms with Crippen LogP contribution in [-0.2, 0) is 0 Å². The lowest BCUT2D eigenvalue weighted by Crippen LogP contribution is -2.23. The molecule has 3 nitrogen and oxygen atoms in total. The van der Waals surface area contributed by atoms with E-state index in [-0.39, 0.29) is 6.10 Å². The first kappa shape index (κ1) is 14.3. The van der Waals surface area contributed by atoms with Crippen molar-refractivity contribution in [3.63, 3.8) is 0 Å². The summed E-state index contributed by atoms with van der Waals surface area (Å²) in [6.45, 7) is 7.13. The Bertz CT molecular complexity index is 325. The van der Waals surface area contributed by atoms with Crippen LogP contribution in [0.4, 0.5) is 0 Å². The second-order valence-electron chi connectivity index (χ2n) is 4.19. The van der Waals surface area contributed by atoms with Crippen LogP contribution in [0.25, 0.3) is 0 Å². The highest BCUT2D eigenvalue weighted by Crippen LogP contribution is 2.21. The summed E-state index contributed by atoms with van der Waals surface area (Å²) in [6.07, 6.45) is 5.99. The first-order valence-corrected chi connectivity index (χ1v) is 7.40. The lowest BCUT2D eigenvalue weighted by atomic mass is 10.1. The minimum atomic E-state index is 0.185. The minimum Gasteiger partial charge on any atom is -0.489 e. The molecule has 0 spiro atoms. The molecule has 1 rings (SSSR count). The van der Waals surface area contributed by atoms with Crippen LogP contribution in [0, 0.1) is 0 Å². The number of hydrogen-bond acceptors (Lipinski definition) is 4. The van der Waals surface area contributed by atoms with Crippen molar-refractivity contribution in [3.05, 3.63) is 24.0 Å². The molecule has 1 aromatic rings. The fraction of sp³-hybridized carbons (Fsp3) is 0.615. The van der Waals surface area contributed by atoms with Gasteiger partial charge >= 0.3 is 0 Å². The van der Waals surface area contributed by atoms with Gasteiger partial charge in [-0.15, -0.1) is 0 Å². The summed E-state index contributed by atoms with van der Waals surface area (Å²) in [6, 6.07) is 2.43. The molecule has 0 amide bonds. The van der Waals surface area contributed by atoms with Gasteiger partial charge in [0.15, 0.2) is 0 Å². The number of nitrogens with one attached hydrogen (secondary N) is 1. The fourth-order valence-corrected chi connectivity index (χ4v) is 2.29. The van der Waals surface area contributed by atoms with Crippen LogP contribution >= 0.6 is 11.8 Å². The van der Waals surface area contributed by atoms with Crippen LogP contribution in [0.3, 0.4) is 0 Å². The van der Waals surface area contributed by atoms with E-state index in [1.807, 2.05) is 31.8 Å². The number of aromatic nitrogens is 1. The van der Waals surface area contributed by atoms with Gasteiger partial charge < -0.3 is 10.1 Å². The van der Waals surface area contributed by atoms with Crippen molar-refractivity contribution in [3.8, 4) is 5.75 Å². The molecule has 0 saturated carbocycles. The maximum Gasteiger partial charge on any atom is 0.138 e. The van der Waals surface area contributed by atoms with E-state index < -0.39 is 0 Å². The smallest absolute Gasteiger partial charge is 0.138 e. The second kappa shape index (κ2) is 7.56. The average molecular weight is 254 g/mol. The standard InChI is InChI=1S/C13H22N2OS/c1-5-15-13(9-17-4)11-6-12(8-14-7-11)16-10(2)3/h6-8,10,13,15H,5,9H2,1-4H3. The Balaban J connectivity index is 2.79. The quantitative estimate of drug-likeness (QED) is 0.811. The van der Waals surface area contributed by atoms with E-state index in [9.17, 15) is 0 Å². The topological polar surface area (TPSA) is 34.2 Å². The van der Waals surface area contributed by atoms with Gasteiger partial charge in [0.05, 0.1) is 12.3 Å². The molecule has 1 atom stereocenters. The van der Waals surface area contributed by atoms with Crippen molar-refractivity contribution in [2.45, 2.75) is 32.9 Å². The summed E-state index contributed by atoms with van der Waals surface area (Å²) in [4.78, 5) is 4.25. The third-order valence-corrected chi connectivity index (χ3v) is 2.96. The van der Waals surface area contributed by atoms with Crippen molar-refractivity contribution in [2.24, 2.45) is 0 Å². The van der Waals surface area contributed by atoms with Gasteiger partial charge in [0.25, 0.3) is 0 Å². The number of rotatable bonds is 7. The summed E-state index contributed by atoms with van der Waals surface area (Å²) in [5, 5.41) is 3.46. The van der Waals surface area contributed by atoms with E-state index in [4.69, 9.17) is 4.74 Å². The third-order valence-electron chi connectivity index (χ3n) is 2.29.